The van der Waals surface area contributed by atoms with Crippen molar-refractivity contribution in [2.45, 2.75) is 6.42 Å². The van der Waals surface area contributed by atoms with Gasteiger partial charge in [-0.3, -0.25) is 4.79 Å². The first-order valence-electron chi connectivity index (χ1n) is 5.96. The Morgan fingerprint density at radius 2 is 1.68 bits per heavy atom. The third kappa shape index (κ3) is 2.87. The molecule has 0 fully saturated rings. The molecule has 0 amide bonds. The second kappa shape index (κ2) is 5.94. The molecule has 94 valence electrons. The molecule has 0 aliphatic rings. The predicted octanol–water partition coefficient (Wildman–Crippen LogP) is 2.33. The number of carbonyl (C=O) groups is 1. The van der Waals surface area contributed by atoms with Crippen LogP contribution in [0, 0.1) is 11.3 Å². The maximum absolute atomic E-state index is 11.4. The topological polar surface area (TPSA) is 61.1 Å². The fourth-order valence-electron chi connectivity index (χ4n) is 2.02. The van der Waals surface area contributed by atoms with E-state index in [2.05, 4.69) is 6.07 Å². The first-order valence-corrected chi connectivity index (χ1v) is 5.96. The van der Waals surface area contributed by atoms with Crippen LogP contribution in [0.1, 0.15) is 11.1 Å². The second-order valence-corrected chi connectivity index (χ2v) is 4.19. The molecule has 0 unspecified atom stereocenters. The maximum atomic E-state index is 11.4. The molecular weight excluding hydrogens is 238 g/mol. The van der Waals surface area contributed by atoms with Crippen molar-refractivity contribution >= 4 is 5.78 Å². The van der Waals surface area contributed by atoms with Gasteiger partial charge in [0.2, 0.25) is 0 Å². The van der Waals surface area contributed by atoms with E-state index in [-0.39, 0.29) is 12.2 Å². The van der Waals surface area contributed by atoms with Crippen molar-refractivity contribution in [3.63, 3.8) is 0 Å². The number of benzene rings is 2. The van der Waals surface area contributed by atoms with Crippen LogP contribution in [-0.4, -0.2) is 17.5 Å². The number of Topliss-reactive ketones (excluding diaryl/α,β-unsaturated/α-hetero) is 1. The molecule has 2 rings (SSSR count). The minimum absolute atomic E-state index is 0.173. The number of rotatable bonds is 4. The summed E-state index contributed by atoms with van der Waals surface area (Å²) in [6, 6.07) is 16.9. The Bertz CT molecular complexity index is 641. The molecule has 0 saturated heterocycles. The van der Waals surface area contributed by atoms with Crippen LogP contribution in [-0.2, 0) is 11.2 Å². The average molecular weight is 251 g/mol. The van der Waals surface area contributed by atoms with Gasteiger partial charge in [0.15, 0.2) is 5.78 Å². The Labute approximate surface area is 111 Å². The van der Waals surface area contributed by atoms with Gasteiger partial charge in [0.25, 0.3) is 0 Å². The largest absolute Gasteiger partial charge is 0.389 e. The molecule has 0 aliphatic heterocycles. The summed E-state index contributed by atoms with van der Waals surface area (Å²) in [6.07, 6.45) is 0.173. The molecule has 0 radical (unpaired) electrons. The monoisotopic (exact) mass is 251 g/mol. The summed E-state index contributed by atoms with van der Waals surface area (Å²) in [5.74, 6) is -0.234. The number of aliphatic hydroxyl groups excluding tert-OH is 1. The van der Waals surface area contributed by atoms with Crippen molar-refractivity contribution in [3.8, 4) is 17.2 Å². The van der Waals surface area contributed by atoms with Crippen molar-refractivity contribution in [2.24, 2.45) is 0 Å². The van der Waals surface area contributed by atoms with Crippen LogP contribution >= 0.6 is 0 Å². The highest BCUT2D eigenvalue weighted by molar-refractivity contribution is 5.85. The lowest BCUT2D eigenvalue weighted by Crippen LogP contribution is -2.08. The summed E-state index contributed by atoms with van der Waals surface area (Å²) in [6.45, 7) is -0.464. The number of hydrogen-bond donors (Lipinski definition) is 1. The van der Waals surface area contributed by atoms with Crippen molar-refractivity contribution in [2.75, 3.05) is 6.61 Å². The van der Waals surface area contributed by atoms with Gasteiger partial charge in [0.05, 0.1) is 11.6 Å². The summed E-state index contributed by atoms with van der Waals surface area (Å²) < 4.78 is 0. The predicted molar refractivity (Wildman–Crippen MR) is 72.4 cm³/mol. The number of ketones is 1. The van der Waals surface area contributed by atoms with E-state index in [1.807, 2.05) is 42.5 Å². The molecule has 0 heterocycles. The molecule has 0 spiro atoms. The zero-order valence-corrected chi connectivity index (χ0v) is 10.3. The lowest BCUT2D eigenvalue weighted by molar-refractivity contribution is -0.121. The molecule has 19 heavy (non-hydrogen) atoms. The van der Waals surface area contributed by atoms with Gasteiger partial charge >= 0.3 is 0 Å². The van der Waals surface area contributed by atoms with Crippen LogP contribution in [0.2, 0.25) is 0 Å². The Balaban J connectivity index is 2.51. The Kier molecular flexibility index (Phi) is 4.07. The maximum Gasteiger partial charge on any atom is 0.162 e. The molecular formula is C16H13NO2. The molecule has 1 N–H and O–H groups in total. The first-order chi connectivity index (χ1) is 9.26. The van der Waals surface area contributed by atoms with Gasteiger partial charge in [0.1, 0.15) is 6.61 Å². The van der Waals surface area contributed by atoms with Crippen LogP contribution in [0.25, 0.3) is 11.1 Å². The highest BCUT2D eigenvalue weighted by atomic mass is 16.3. The zero-order chi connectivity index (χ0) is 13.7. The van der Waals surface area contributed by atoms with Gasteiger partial charge in [-0.25, -0.2) is 0 Å². The summed E-state index contributed by atoms with van der Waals surface area (Å²) in [7, 11) is 0. The fraction of sp³-hybridized carbons (Fsp3) is 0.125. The lowest BCUT2D eigenvalue weighted by Gasteiger charge is -2.10. The van der Waals surface area contributed by atoms with Gasteiger partial charge in [0, 0.05) is 6.42 Å². The molecule has 0 saturated carbocycles. The van der Waals surface area contributed by atoms with Crippen LogP contribution in [0.4, 0.5) is 0 Å². The Morgan fingerprint density at radius 3 is 2.37 bits per heavy atom. The highest BCUT2D eigenvalue weighted by Gasteiger charge is 2.11. The van der Waals surface area contributed by atoms with E-state index >= 15 is 0 Å². The first kappa shape index (κ1) is 13.0. The van der Waals surface area contributed by atoms with Crippen LogP contribution in [0.15, 0.2) is 48.5 Å². The van der Waals surface area contributed by atoms with E-state index in [9.17, 15) is 4.79 Å². The molecule has 0 aliphatic carbocycles. The number of nitriles is 1. The molecule has 0 bridgehead atoms. The molecule has 0 atom stereocenters. The van der Waals surface area contributed by atoms with E-state index in [1.165, 1.54) is 0 Å². The van der Waals surface area contributed by atoms with Gasteiger partial charge in [-0.05, 0) is 22.8 Å². The molecule has 3 nitrogen and oxygen atoms in total. The van der Waals surface area contributed by atoms with Gasteiger partial charge in [-0.15, -0.1) is 0 Å². The third-order valence-electron chi connectivity index (χ3n) is 2.92. The smallest absolute Gasteiger partial charge is 0.162 e. The summed E-state index contributed by atoms with van der Waals surface area (Å²) in [4.78, 5) is 11.4. The standard InChI is InChI=1S/C16H13NO2/c17-10-13-6-2-4-8-16(13)15-7-3-1-5-12(15)9-14(19)11-18/h1-8,18H,9,11H2. The van der Waals surface area contributed by atoms with E-state index in [0.717, 1.165) is 16.7 Å². The SMILES string of the molecule is N#Cc1ccccc1-c1ccccc1CC(=O)CO. The normalized spacial score (nSPS) is 9.89. The van der Waals surface area contributed by atoms with E-state index in [0.29, 0.717) is 5.56 Å². The number of hydrogen-bond acceptors (Lipinski definition) is 3. The quantitative estimate of drug-likeness (QED) is 0.907. The zero-order valence-electron chi connectivity index (χ0n) is 10.3. The van der Waals surface area contributed by atoms with Gasteiger partial charge < -0.3 is 5.11 Å². The average Bonchev–Trinajstić information content (AvgIpc) is 2.47. The second-order valence-electron chi connectivity index (χ2n) is 4.19. The van der Waals surface area contributed by atoms with Gasteiger partial charge in [-0.2, -0.15) is 5.26 Å². The number of carbonyl (C=O) groups excluding carboxylic acids is 1. The minimum Gasteiger partial charge on any atom is -0.389 e. The van der Waals surface area contributed by atoms with E-state index in [1.54, 1.807) is 6.07 Å². The van der Waals surface area contributed by atoms with Crippen molar-refractivity contribution in [3.05, 3.63) is 59.7 Å². The summed E-state index contributed by atoms with van der Waals surface area (Å²) in [5.41, 5.74) is 3.07. The highest BCUT2D eigenvalue weighted by Crippen LogP contribution is 2.27. The summed E-state index contributed by atoms with van der Waals surface area (Å²) in [5, 5.41) is 18.0. The van der Waals surface area contributed by atoms with Crippen LogP contribution < -0.4 is 0 Å². The Hall–Kier alpha value is -2.44. The minimum atomic E-state index is -0.464. The van der Waals surface area contributed by atoms with Crippen molar-refractivity contribution < 1.29 is 9.90 Å². The molecule has 3 heteroatoms. The van der Waals surface area contributed by atoms with Crippen LogP contribution in [0.3, 0.4) is 0 Å². The molecule has 2 aromatic carbocycles. The number of nitrogens with zero attached hydrogens (tertiary/aromatic N) is 1. The fourth-order valence-corrected chi connectivity index (χ4v) is 2.02. The van der Waals surface area contributed by atoms with E-state index < -0.39 is 6.61 Å². The molecule has 2 aromatic rings. The van der Waals surface area contributed by atoms with Crippen molar-refractivity contribution in [1.82, 2.24) is 0 Å². The van der Waals surface area contributed by atoms with E-state index in [4.69, 9.17) is 10.4 Å². The van der Waals surface area contributed by atoms with Crippen molar-refractivity contribution in [1.29, 1.82) is 5.26 Å². The van der Waals surface area contributed by atoms with Gasteiger partial charge in [-0.1, -0.05) is 42.5 Å². The number of aliphatic hydroxyl groups is 1. The summed E-state index contributed by atoms with van der Waals surface area (Å²) >= 11 is 0. The lowest BCUT2D eigenvalue weighted by atomic mass is 9.93. The Morgan fingerprint density at radius 1 is 1.05 bits per heavy atom. The third-order valence-corrected chi connectivity index (χ3v) is 2.92. The van der Waals surface area contributed by atoms with Crippen LogP contribution in [0.5, 0.6) is 0 Å². The molecule has 0 aromatic heterocycles.